The van der Waals surface area contributed by atoms with Gasteiger partial charge in [-0.2, -0.15) is 0 Å². The molecular formula is C16H17NO6. The van der Waals surface area contributed by atoms with E-state index in [0.717, 1.165) is 0 Å². The molecule has 1 heterocycles. The van der Waals surface area contributed by atoms with Crippen molar-refractivity contribution in [2.45, 2.75) is 18.4 Å². The molecule has 1 amide bonds. The molecule has 3 rings (SSSR count). The lowest BCUT2D eigenvalue weighted by molar-refractivity contribution is -0.165. The molecule has 122 valence electrons. The number of hydrogen-bond donors (Lipinski definition) is 2. The number of methoxy groups -OCH3 is 2. The number of amides is 1. The molecule has 4 unspecified atom stereocenters. The second kappa shape index (κ2) is 5.66. The Hall–Kier alpha value is -2.41. The van der Waals surface area contributed by atoms with Gasteiger partial charge in [-0.15, -0.1) is 0 Å². The summed E-state index contributed by atoms with van der Waals surface area (Å²) in [7, 11) is 2.41. The molecule has 7 nitrogen and oxygen atoms in total. The molecule has 2 N–H and O–H groups in total. The van der Waals surface area contributed by atoms with Gasteiger partial charge in [0.15, 0.2) is 0 Å². The number of nitrogens with one attached hydrogen (secondary N) is 1. The summed E-state index contributed by atoms with van der Waals surface area (Å²) in [6.45, 7) is 0. The third-order valence-electron chi connectivity index (χ3n) is 4.62. The van der Waals surface area contributed by atoms with E-state index in [2.05, 4.69) is 5.32 Å². The molecule has 23 heavy (non-hydrogen) atoms. The van der Waals surface area contributed by atoms with Gasteiger partial charge in [0.25, 0.3) is 0 Å². The normalized spacial score (nSPS) is 28.4. The van der Waals surface area contributed by atoms with Gasteiger partial charge >= 0.3 is 11.9 Å². The van der Waals surface area contributed by atoms with Gasteiger partial charge in [-0.05, 0) is 17.2 Å². The van der Waals surface area contributed by atoms with Crippen LogP contribution in [0.5, 0.6) is 0 Å². The third kappa shape index (κ3) is 2.28. The molecular weight excluding hydrogens is 302 g/mol. The predicted molar refractivity (Wildman–Crippen MR) is 78.4 cm³/mol. The molecule has 0 aromatic heterocycles. The Morgan fingerprint density at radius 1 is 1.17 bits per heavy atom. The molecule has 0 radical (unpaired) electrons. The number of rotatable bonds is 2. The maximum absolute atomic E-state index is 12.3. The van der Waals surface area contributed by atoms with Crippen molar-refractivity contribution in [1.82, 2.24) is 0 Å². The molecule has 7 heteroatoms. The van der Waals surface area contributed by atoms with Crippen LogP contribution in [0, 0.1) is 11.8 Å². The Labute approximate surface area is 132 Å². The first-order valence-electron chi connectivity index (χ1n) is 7.26. The zero-order chi connectivity index (χ0) is 16.7. The minimum Gasteiger partial charge on any atom is -0.469 e. The van der Waals surface area contributed by atoms with Crippen LogP contribution in [0.1, 0.15) is 29.6 Å². The van der Waals surface area contributed by atoms with Gasteiger partial charge in [0.2, 0.25) is 5.91 Å². The second-order valence-corrected chi connectivity index (χ2v) is 5.71. The number of esters is 2. The van der Waals surface area contributed by atoms with E-state index in [1.165, 1.54) is 14.2 Å². The minimum atomic E-state index is -1.20. The lowest BCUT2D eigenvalue weighted by Gasteiger charge is -2.42. The zero-order valence-electron chi connectivity index (χ0n) is 12.7. The number of carbonyl (C=O) groups excluding carboxylic acids is 3. The molecule has 1 aromatic rings. The number of benzene rings is 1. The Bertz CT molecular complexity index is 685. The van der Waals surface area contributed by atoms with E-state index in [-0.39, 0.29) is 12.3 Å². The van der Waals surface area contributed by atoms with Gasteiger partial charge in [0.05, 0.1) is 26.2 Å². The van der Waals surface area contributed by atoms with E-state index < -0.39 is 35.8 Å². The van der Waals surface area contributed by atoms with Crippen LogP contribution in [0.25, 0.3) is 0 Å². The van der Waals surface area contributed by atoms with Gasteiger partial charge in [-0.25, -0.2) is 0 Å². The summed E-state index contributed by atoms with van der Waals surface area (Å²) in [5.41, 5.74) is 1.78. The van der Waals surface area contributed by atoms with Gasteiger partial charge in [0.1, 0.15) is 5.92 Å². The minimum absolute atomic E-state index is 0.0456. The van der Waals surface area contributed by atoms with Crippen LogP contribution in [-0.4, -0.2) is 37.2 Å². The van der Waals surface area contributed by atoms with Crippen LogP contribution in [0.2, 0.25) is 0 Å². The fourth-order valence-electron chi connectivity index (χ4n) is 3.67. The van der Waals surface area contributed by atoms with Crippen molar-refractivity contribution in [2.75, 3.05) is 19.5 Å². The highest BCUT2D eigenvalue weighted by Gasteiger charge is 2.52. The second-order valence-electron chi connectivity index (χ2n) is 5.71. The molecule has 0 saturated heterocycles. The van der Waals surface area contributed by atoms with Gasteiger partial charge in [-0.3, -0.25) is 14.4 Å². The Morgan fingerprint density at radius 2 is 1.83 bits per heavy atom. The lowest BCUT2D eigenvalue weighted by atomic mass is 9.64. The lowest BCUT2D eigenvalue weighted by Crippen LogP contribution is -2.45. The van der Waals surface area contributed by atoms with Crippen LogP contribution < -0.4 is 5.32 Å². The summed E-state index contributed by atoms with van der Waals surface area (Å²) in [5, 5.41) is 13.4. The molecule has 1 aliphatic carbocycles. The summed E-state index contributed by atoms with van der Waals surface area (Å²) >= 11 is 0. The molecule has 2 aliphatic rings. The Balaban J connectivity index is 2.21. The number of anilines is 1. The summed E-state index contributed by atoms with van der Waals surface area (Å²) in [5.74, 6) is -4.19. The average molecular weight is 319 g/mol. The number of carbonyl (C=O) groups is 3. The number of ether oxygens (including phenoxy) is 2. The summed E-state index contributed by atoms with van der Waals surface area (Å²) in [6.07, 6.45) is -1.16. The topological polar surface area (TPSA) is 102 Å². The van der Waals surface area contributed by atoms with Crippen LogP contribution in [0.4, 0.5) is 5.69 Å². The third-order valence-corrected chi connectivity index (χ3v) is 4.62. The molecule has 0 spiro atoms. The maximum atomic E-state index is 12.3. The van der Waals surface area contributed by atoms with E-state index in [0.29, 0.717) is 16.8 Å². The number of aliphatic hydroxyl groups excluding tert-OH is 1. The highest BCUT2D eigenvalue weighted by molar-refractivity contribution is 5.97. The molecule has 1 aliphatic heterocycles. The van der Waals surface area contributed by atoms with Crippen molar-refractivity contribution in [3.05, 3.63) is 29.3 Å². The van der Waals surface area contributed by atoms with Crippen molar-refractivity contribution >= 4 is 23.5 Å². The molecule has 0 bridgehead atoms. The molecule has 0 fully saturated rings. The first kappa shape index (κ1) is 15.5. The van der Waals surface area contributed by atoms with E-state index >= 15 is 0 Å². The Morgan fingerprint density at radius 3 is 2.48 bits per heavy atom. The van der Waals surface area contributed by atoms with Gasteiger partial charge in [0, 0.05) is 18.0 Å². The van der Waals surface area contributed by atoms with E-state index in [1.807, 2.05) is 0 Å². The predicted octanol–water partition coefficient (Wildman–Crippen LogP) is 0.738. The van der Waals surface area contributed by atoms with Crippen LogP contribution in [0.15, 0.2) is 18.2 Å². The van der Waals surface area contributed by atoms with Crippen LogP contribution in [0.3, 0.4) is 0 Å². The quantitative estimate of drug-likeness (QED) is 0.780. The number of aliphatic hydroxyl groups is 1. The summed E-state index contributed by atoms with van der Waals surface area (Å²) in [6, 6.07) is 5.09. The maximum Gasteiger partial charge on any atom is 0.312 e. The number of hydrogen-bond acceptors (Lipinski definition) is 6. The van der Waals surface area contributed by atoms with Crippen molar-refractivity contribution in [2.24, 2.45) is 11.8 Å². The van der Waals surface area contributed by atoms with Gasteiger partial charge < -0.3 is 19.9 Å². The monoisotopic (exact) mass is 319 g/mol. The molecule has 0 saturated carbocycles. The van der Waals surface area contributed by atoms with Crippen LogP contribution >= 0.6 is 0 Å². The smallest absolute Gasteiger partial charge is 0.312 e. The highest BCUT2D eigenvalue weighted by atomic mass is 16.5. The van der Waals surface area contributed by atoms with E-state index in [4.69, 9.17) is 9.47 Å². The zero-order valence-corrected chi connectivity index (χ0v) is 12.7. The molecule has 1 aromatic carbocycles. The summed E-state index contributed by atoms with van der Waals surface area (Å²) < 4.78 is 9.58. The van der Waals surface area contributed by atoms with Gasteiger partial charge in [-0.1, -0.05) is 12.1 Å². The van der Waals surface area contributed by atoms with Crippen molar-refractivity contribution < 1.29 is 29.0 Å². The van der Waals surface area contributed by atoms with Crippen molar-refractivity contribution in [1.29, 1.82) is 0 Å². The van der Waals surface area contributed by atoms with E-state index in [1.54, 1.807) is 18.2 Å². The van der Waals surface area contributed by atoms with Crippen molar-refractivity contribution in [3.8, 4) is 0 Å². The fourth-order valence-corrected chi connectivity index (χ4v) is 3.67. The fraction of sp³-hybridized carbons (Fsp3) is 0.438. The molecule has 4 atom stereocenters. The average Bonchev–Trinajstić information content (AvgIpc) is 2.55. The summed E-state index contributed by atoms with van der Waals surface area (Å²) in [4.78, 5) is 36.4. The standard InChI is InChI=1S/C16H17NO6/c1-22-15(20)12-8-6-10(18)17-9-5-3-4-7(11(8)9)14(19)13(12)16(21)23-2/h3-5,8,12-14,19H,6H2,1-2H3,(H,17,18). The SMILES string of the molecule is COC(=O)C1C(O)c2cccc3c2C(CC(=O)N3)C1C(=O)OC. The van der Waals surface area contributed by atoms with Crippen molar-refractivity contribution in [3.63, 3.8) is 0 Å². The largest absolute Gasteiger partial charge is 0.469 e. The first-order chi connectivity index (χ1) is 11.0. The van der Waals surface area contributed by atoms with E-state index in [9.17, 15) is 19.5 Å². The van der Waals surface area contributed by atoms with Crippen LogP contribution in [-0.2, 0) is 23.9 Å². The highest BCUT2D eigenvalue weighted by Crippen LogP contribution is 2.51. The first-order valence-corrected chi connectivity index (χ1v) is 7.26. The Kier molecular flexibility index (Phi) is 3.81.